The van der Waals surface area contributed by atoms with Crippen LogP contribution < -0.4 is 5.32 Å². The third-order valence-corrected chi connectivity index (χ3v) is 4.41. The van der Waals surface area contributed by atoms with Crippen LogP contribution in [0.1, 0.15) is 28.2 Å². The number of rotatable bonds is 3. The van der Waals surface area contributed by atoms with Crippen molar-refractivity contribution in [1.82, 2.24) is 15.3 Å². The Balaban J connectivity index is 1.78. The van der Waals surface area contributed by atoms with Crippen molar-refractivity contribution >= 4 is 21.8 Å². The maximum absolute atomic E-state index is 5.42. The van der Waals surface area contributed by atoms with Crippen LogP contribution in [-0.4, -0.2) is 28.5 Å². The molecule has 0 amide bonds. The van der Waals surface area contributed by atoms with Crippen molar-refractivity contribution in [1.29, 1.82) is 0 Å². The number of benzene rings is 1. The van der Waals surface area contributed by atoms with E-state index in [9.17, 15) is 0 Å². The number of aromatic nitrogens is 2. The molecular weight excluding hydrogens is 356 g/mol. The molecule has 1 aliphatic rings. The van der Waals surface area contributed by atoms with Crippen LogP contribution in [0, 0.1) is 20.8 Å². The van der Waals surface area contributed by atoms with Crippen LogP contribution in [0.3, 0.4) is 0 Å². The molecule has 23 heavy (non-hydrogen) atoms. The molecule has 2 aromatic rings. The summed E-state index contributed by atoms with van der Waals surface area (Å²) in [4.78, 5) is 14.0. The standard InChI is InChI=1S/C17H19BrN4O/c1-10-4-5-13(11(2)6-10)7-14-9-23-22-17(21-14)16-15(18)8-19-12(3)20-16/h4-6,8,14H,7,9H2,1-3H3,(H,21,22). The zero-order chi connectivity index (χ0) is 16.4. The molecule has 3 rings (SSSR count). The van der Waals surface area contributed by atoms with Gasteiger partial charge < -0.3 is 10.2 Å². The Kier molecular flexibility index (Phi) is 4.61. The van der Waals surface area contributed by atoms with Gasteiger partial charge in [0.2, 0.25) is 0 Å². The van der Waals surface area contributed by atoms with Gasteiger partial charge in [0.15, 0.2) is 5.84 Å². The van der Waals surface area contributed by atoms with Gasteiger partial charge in [-0.05, 0) is 54.2 Å². The van der Waals surface area contributed by atoms with Gasteiger partial charge in [-0.3, -0.25) is 0 Å². The van der Waals surface area contributed by atoms with Crippen molar-refractivity contribution in [3.8, 4) is 0 Å². The predicted octanol–water partition coefficient (Wildman–Crippen LogP) is 3.06. The Morgan fingerprint density at radius 3 is 2.91 bits per heavy atom. The van der Waals surface area contributed by atoms with Crippen molar-refractivity contribution in [3.63, 3.8) is 0 Å². The maximum Gasteiger partial charge on any atom is 0.193 e. The fourth-order valence-corrected chi connectivity index (χ4v) is 3.02. The number of amidine groups is 1. The third-order valence-electron chi connectivity index (χ3n) is 3.83. The van der Waals surface area contributed by atoms with E-state index in [1.54, 1.807) is 6.20 Å². The Labute approximate surface area is 144 Å². The minimum absolute atomic E-state index is 0.158. The van der Waals surface area contributed by atoms with E-state index in [0.717, 1.165) is 16.6 Å². The Bertz CT molecular complexity index is 760. The fourth-order valence-electron chi connectivity index (χ4n) is 2.64. The average Bonchev–Trinajstić information content (AvgIpc) is 2.53. The van der Waals surface area contributed by atoms with E-state index >= 15 is 0 Å². The van der Waals surface area contributed by atoms with Crippen molar-refractivity contribution in [2.75, 3.05) is 6.61 Å². The molecule has 1 unspecified atom stereocenters. The normalized spacial score (nSPS) is 17.2. The number of nitrogens with zero attached hydrogens (tertiary/aromatic N) is 3. The summed E-state index contributed by atoms with van der Waals surface area (Å²) in [6, 6.07) is 6.69. The highest BCUT2D eigenvalue weighted by molar-refractivity contribution is 9.10. The number of nitrogens with one attached hydrogen (secondary N) is 1. The number of hydrogen-bond donors (Lipinski definition) is 1. The lowest BCUT2D eigenvalue weighted by Crippen LogP contribution is -2.44. The lowest BCUT2D eigenvalue weighted by Gasteiger charge is -2.24. The van der Waals surface area contributed by atoms with Crippen molar-refractivity contribution in [3.05, 3.63) is 57.1 Å². The fraction of sp³-hybridized carbons (Fsp3) is 0.353. The van der Waals surface area contributed by atoms with E-state index in [1.165, 1.54) is 16.7 Å². The van der Waals surface area contributed by atoms with Crippen LogP contribution in [-0.2, 0) is 11.3 Å². The first kappa shape index (κ1) is 15.9. The zero-order valence-corrected chi connectivity index (χ0v) is 15.0. The molecule has 1 aromatic heterocycles. The summed E-state index contributed by atoms with van der Waals surface area (Å²) in [5.74, 6) is 1.34. The van der Waals surface area contributed by atoms with Crippen LogP contribution in [0.25, 0.3) is 0 Å². The molecule has 1 aromatic carbocycles. The van der Waals surface area contributed by atoms with Crippen molar-refractivity contribution in [2.24, 2.45) is 5.16 Å². The van der Waals surface area contributed by atoms with E-state index in [1.807, 2.05) is 6.92 Å². The minimum atomic E-state index is 0.158. The quantitative estimate of drug-likeness (QED) is 0.896. The third kappa shape index (κ3) is 3.69. The van der Waals surface area contributed by atoms with Gasteiger partial charge in [0, 0.05) is 6.20 Å². The molecule has 0 radical (unpaired) electrons. The summed E-state index contributed by atoms with van der Waals surface area (Å²) >= 11 is 3.47. The Morgan fingerprint density at radius 1 is 1.30 bits per heavy atom. The van der Waals surface area contributed by atoms with Crippen LogP contribution in [0.15, 0.2) is 34.0 Å². The van der Waals surface area contributed by atoms with Crippen LogP contribution in [0.4, 0.5) is 0 Å². The second kappa shape index (κ2) is 6.66. The predicted molar refractivity (Wildman–Crippen MR) is 93.5 cm³/mol. The molecule has 0 saturated carbocycles. The molecule has 0 spiro atoms. The van der Waals surface area contributed by atoms with E-state index in [4.69, 9.17) is 4.84 Å². The second-order valence-electron chi connectivity index (χ2n) is 5.82. The van der Waals surface area contributed by atoms with Gasteiger partial charge in [-0.25, -0.2) is 9.97 Å². The van der Waals surface area contributed by atoms with Gasteiger partial charge in [0.25, 0.3) is 0 Å². The zero-order valence-electron chi connectivity index (χ0n) is 13.4. The summed E-state index contributed by atoms with van der Waals surface area (Å²) in [7, 11) is 0. The first-order chi connectivity index (χ1) is 11.0. The summed E-state index contributed by atoms with van der Waals surface area (Å²) in [5, 5.41) is 7.55. The highest BCUT2D eigenvalue weighted by Gasteiger charge is 2.22. The maximum atomic E-state index is 5.42. The van der Waals surface area contributed by atoms with Gasteiger partial charge >= 0.3 is 0 Å². The summed E-state index contributed by atoms with van der Waals surface area (Å²) in [6.07, 6.45) is 2.61. The topological polar surface area (TPSA) is 59.4 Å². The molecule has 1 N–H and O–H groups in total. The number of aryl methyl sites for hydroxylation is 3. The lowest BCUT2D eigenvalue weighted by atomic mass is 9.99. The van der Waals surface area contributed by atoms with E-state index in [-0.39, 0.29) is 6.04 Å². The smallest absolute Gasteiger partial charge is 0.193 e. The van der Waals surface area contributed by atoms with E-state index in [0.29, 0.717) is 18.3 Å². The average molecular weight is 375 g/mol. The van der Waals surface area contributed by atoms with E-state index < -0.39 is 0 Å². The number of halogens is 1. The van der Waals surface area contributed by atoms with Gasteiger partial charge in [0.05, 0.1) is 10.5 Å². The molecule has 0 fully saturated rings. The summed E-state index contributed by atoms with van der Waals surface area (Å²) < 4.78 is 0.796. The second-order valence-corrected chi connectivity index (χ2v) is 6.68. The number of hydrogen-bond acceptors (Lipinski definition) is 5. The molecule has 0 saturated heterocycles. The highest BCUT2D eigenvalue weighted by Crippen LogP contribution is 2.18. The molecule has 1 aliphatic heterocycles. The monoisotopic (exact) mass is 374 g/mol. The Hall–Kier alpha value is -1.95. The van der Waals surface area contributed by atoms with Gasteiger partial charge in [-0.1, -0.05) is 28.9 Å². The molecule has 2 heterocycles. The van der Waals surface area contributed by atoms with Crippen molar-refractivity contribution < 1.29 is 4.84 Å². The molecule has 0 bridgehead atoms. The highest BCUT2D eigenvalue weighted by atomic mass is 79.9. The summed E-state index contributed by atoms with van der Waals surface area (Å²) in [5.41, 5.74) is 4.62. The van der Waals surface area contributed by atoms with Gasteiger partial charge in [-0.2, -0.15) is 0 Å². The first-order valence-electron chi connectivity index (χ1n) is 7.55. The number of oxime groups is 1. The largest absolute Gasteiger partial charge is 0.392 e. The molecule has 0 aliphatic carbocycles. The molecule has 120 valence electrons. The van der Waals surface area contributed by atoms with Crippen LogP contribution in [0.2, 0.25) is 0 Å². The van der Waals surface area contributed by atoms with Crippen LogP contribution in [0.5, 0.6) is 0 Å². The first-order valence-corrected chi connectivity index (χ1v) is 8.34. The Morgan fingerprint density at radius 2 is 2.13 bits per heavy atom. The van der Waals surface area contributed by atoms with Gasteiger partial charge in [0.1, 0.15) is 18.1 Å². The molecule has 1 atom stereocenters. The SMILES string of the molecule is Cc1ccc(CC2CON=C(c3nc(C)ncc3Br)N2)c(C)c1. The molecular formula is C17H19BrN4O. The molecule has 6 heteroatoms. The van der Waals surface area contributed by atoms with E-state index in [2.05, 4.69) is 68.4 Å². The minimum Gasteiger partial charge on any atom is -0.392 e. The van der Waals surface area contributed by atoms with Crippen molar-refractivity contribution in [2.45, 2.75) is 33.2 Å². The van der Waals surface area contributed by atoms with Gasteiger partial charge in [-0.15, -0.1) is 0 Å². The molecule has 5 nitrogen and oxygen atoms in total. The van der Waals surface area contributed by atoms with Crippen LogP contribution >= 0.6 is 15.9 Å². The summed E-state index contributed by atoms with van der Waals surface area (Å²) in [6.45, 7) is 6.65. The lowest BCUT2D eigenvalue weighted by molar-refractivity contribution is 0.109.